The van der Waals surface area contributed by atoms with Gasteiger partial charge in [0, 0.05) is 24.3 Å². The van der Waals surface area contributed by atoms with Gasteiger partial charge in [0.05, 0.1) is 16.6 Å². The summed E-state index contributed by atoms with van der Waals surface area (Å²) in [6.07, 6.45) is 4.37. The Kier molecular flexibility index (Phi) is 4.28. The van der Waals surface area contributed by atoms with Crippen LogP contribution >= 0.6 is 0 Å². The maximum absolute atomic E-state index is 13.4. The Labute approximate surface area is 153 Å². The monoisotopic (exact) mass is 371 g/mol. The Bertz CT molecular complexity index is 940. The maximum Gasteiger partial charge on any atom is 0.243 e. The van der Waals surface area contributed by atoms with Crippen molar-refractivity contribution in [2.45, 2.75) is 49.6 Å². The van der Waals surface area contributed by atoms with Crippen LogP contribution in [0.4, 0.5) is 5.69 Å². The fraction of sp³-hybridized carbons (Fsp3) is 0.368. The molecule has 0 radical (unpaired) electrons. The van der Waals surface area contributed by atoms with Crippen molar-refractivity contribution >= 4 is 21.6 Å². The van der Waals surface area contributed by atoms with Crippen LogP contribution in [0.1, 0.15) is 43.5 Å². The second kappa shape index (κ2) is 6.48. The number of aromatic nitrogens is 1. The number of fused-ring (bicyclic) bond motifs is 1. The highest BCUT2D eigenvalue weighted by atomic mass is 32.2. The van der Waals surface area contributed by atoms with Gasteiger partial charge in [-0.2, -0.15) is 4.31 Å². The summed E-state index contributed by atoms with van der Waals surface area (Å²) in [6, 6.07) is 10.2. The van der Waals surface area contributed by atoms with Crippen LogP contribution in [0.25, 0.3) is 0 Å². The van der Waals surface area contributed by atoms with E-state index in [1.54, 1.807) is 28.7 Å². The molecule has 0 saturated heterocycles. The van der Waals surface area contributed by atoms with E-state index < -0.39 is 10.0 Å². The number of nitrogens with one attached hydrogen (secondary N) is 1. The first-order valence-electron chi connectivity index (χ1n) is 8.84. The molecule has 1 aliphatic heterocycles. The molecule has 2 heterocycles. The van der Waals surface area contributed by atoms with Gasteiger partial charge in [-0.3, -0.25) is 9.78 Å². The Morgan fingerprint density at radius 1 is 1.19 bits per heavy atom. The summed E-state index contributed by atoms with van der Waals surface area (Å²) in [5, 5.41) is 2.79. The summed E-state index contributed by atoms with van der Waals surface area (Å²) >= 11 is 0. The fourth-order valence-corrected chi connectivity index (χ4v) is 5.35. The Morgan fingerprint density at radius 3 is 2.69 bits per heavy atom. The number of aryl methyl sites for hydroxylation is 1. The average Bonchev–Trinajstić information content (AvgIpc) is 3.46. The van der Waals surface area contributed by atoms with E-state index in [1.807, 2.05) is 25.1 Å². The Morgan fingerprint density at radius 2 is 2.00 bits per heavy atom. The number of pyridine rings is 1. The molecule has 1 amide bonds. The molecule has 6 nitrogen and oxygen atoms in total. The fourth-order valence-electron chi connectivity index (χ4n) is 3.45. The van der Waals surface area contributed by atoms with Crippen LogP contribution in [0.3, 0.4) is 0 Å². The minimum Gasteiger partial charge on any atom is -0.326 e. The van der Waals surface area contributed by atoms with Crippen LogP contribution in [0, 0.1) is 0 Å². The van der Waals surface area contributed by atoms with E-state index in [-0.39, 0.29) is 22.9 Å². The topological polar surface area (TPSA) is 79.4 Å². The first-order chi connectivity index (χ1) is 12.5. The summed E-state index contributed by atoms with van der Waals surface area (Å²) in [5.41, 5.74) is 2.32. The van der Waals surface area contributed by atoms with Crippen molar-refractivity contribution in [3.05, 3.63) is 53.9 Å². The van der Waals surface area contributed by atoms with Crippen LogP contribution in [-0.2, 0) is 21.2 Å². The molecule has 2 aromatic rings. The largest absolute Gasteiger partial charge is 0.326 e. The molecule has 0 spiro atoms. The van der Waals surface area contributed by atoms with Gasteiger partial charge in [-0.1, -0.05) is 6.07 Å². The summed E-state index contributed by atoms with van der Waals surface area (Å²) in [5.74, 6) is -0.0310. The highest BCUT2D eigenvalue weighted by Crippen LogP contribution is 2.39. The molecule has 136 valence electrons. The van der Waals surface area contributed by atoms with Gasteiger partial charge in [0.2, 0.25) is 15.9 Å². The van der Waals surface area contributed by atoms with E-state index in [4.69, 9.17) is 0 Å². The van der Waals surface area contributed by atoms with Gasteiger partial charge >= 0.3 is 0 Å². The molecule has 1 aromatic carbocycles. The Balaban J connectivity index is 1.71. The van der Waals surface area contributed by atoms with E-state index >= 15 is 0 Å². The molecule has 4 rings (SSSR count). The van der Waals surface area contributed by atoms with Crippen molar-refractivity contribution in [3.8, 4) is 0 Å². The van der Waals surface area contributed by atoms with Gasteiger partial charge in [-0.25, -0.2) is 8.42 Å². The standard InChI is InChI=1S/C19H21N3O3S/c1-13(17-4-2-3-11-20-17)22(15-6-7-15)26(24,25)16-8-9-18-14(12-16)5-10-19(23)21-18/h2-4,8-9,11-13,15H,5-7,10H2,1H3,(H,21,23). The van der Waals surface area contributed by atoms with Crippen molar-refractivity contribution in [2.75, 3.05) is 5.32 Å². The molecule has 26 heavy (non-hydrogen) atoms. The number of nitrogens with zero attached hydrogens (tertiary/aromatic N) is 2. The Hall–Kier alpha value is -2.25. The molecule has 1 N–H and O–H groups in total. The predicted octanol–water partition coefficient (Wildman–Crippen LogP) is 2.88. The van der Waals surface area contributed by atoms with Crippen molar-refractivity contribution in [2.24, 2.45) is 0 Å². The first kappa shape index (κ1) is 17.2. The third-order valence-corrected chi connectivity index (χ3v) is 6.97. The lowest BCUT2D eigenvalue weighted by molar-refractivity contribution is -0.116. The zero-order chi connectivity index (χ0) is 18.3. The SMILES string of the molecule is CC(c1ccccn1)N(C1CC1)S(=O)(=O)c1ccc2c(c1)CCC(=O)N2. The smallest absolute Gasteiger partial charge is 0.243 e. The molecule has 1 aromatic heterocycles. The minimum atomic E-state index is -3.65. The van der Waals surface area contributed by atoms with Gasteiger partial charge in [-0.15, -0.1) is 0 Å². The number of benzene rings is 1. The van der Waals surface area contributed by atoms with Gasteiger partial charge in [0.25, 0.3) is 0 Å². The number of sulfonamides is 1. The summed E-state index contributed by atoms with van der Waals surface area (Å²) in [7, 11) is -3.65. The zero-order valence-corrected chi connectivity index (χ0v) is 15.4. The number of carbonyl (C=O) groups is 1. The molecular formula is C19H21N3O3S. The van der Waals surface area contributed by atoms with Crippen molar-refractivity contribution < 1.29 is 13.2 Å². The highest BCUT2D eigenvalue weighted by molar-refractivity contribution is 7.89. The van der Waals surface area contributed by atoms with Crippen LogP contribution in [-0.4, -0.2) is 29.7 Å². The van der Waals surface area contributed by atoms with Crippen LogP contribution < -0.4 is 5.32 Å². The molecule has 1 saturated carbocycles. The van der Waals surface area contributed by atoms with E-state index in [0.717, 1.165) is 24.1 Å². The quantitative estimate of drug-likeness (QED) is 0.876. The van der Waals surface area contributed by atoms with Crippen LogP contribution in [0.15, 0.2) is 47.5 Å². The van der Waals surface area contributed by atoms with Gasteiger partial charge < -0.3 is 5.32 Å². The number of carbonyl (C=O) groups excluding carboxylic acids is 1. The molecule has 7 heteroatoms. The van der Waals surface area contributed by atoms with Gasteiger partial charge in [0.15, 0.2) is 0 Å². The van der Waals surface area contributed by atoms with E-state index in [9.17, 15) is 13.2 Å². The van der Waals surface area contributed by atoms with Crippen molar-refractivity contribution in [1.82, 2.24) is 9.29 Å². The second-order valence-electron chi connectivity index (χ2n) is 6.86. The molecule has 1 fully saturated rings. The molecule has 1 unspecified atom stereocenters. The van der Waals surface area contributed by atoms with Crippen molar-refractivity contribution in [1.29, 1.82) is 0 Å². The second-order valence-corrected chi connectivity index (χ2v) is 8.71. The van der Waals surface area contributed by atoms with E-state index in [1.165, 1.54) is 0 Å². The normalized spacial score (nSPS) is 18.3. The average molecular weight is 371 g/mol. The lowest BCUT2D eigenvalue weighted by Gasteiger charge is -2.28. The molecular weight excluding hydrogens is 350 g/mol. The first-order valence-corrected chi connectivity index (χ1v) is 10.3. The third kappa shape index (κ3) is 3.12. The van der Waals surface area contributed by atoms with E-state index in [2.05, 4.69) is 10.3 Å². The number of rotatable bonds is 5. The number of hydrogen-bond acceptors (Lipinski definition) is 4. The molecule has 1 atom stereocenters. The van der Waals surface area contributed by atoms with Crippen LogP contribution in [0.5, 0.6) is 0 Å². The maximum atomic E-state index is 13.4. The highest BCUT2D eigenvalue weighted by Gasteiger charge is 2.42. The van der Waals surface area contributed by atoms with Crippen molar-refractivity contribution in [3.63, 3.8) is 0 Å². The number of anilines is 1. The lowest BCUT2D eigenvalue weighted by atomic mass is 10.0. The van der Waals surface area contributed by atoms with Crippen LogP contribution in [0.2, 0.25) is 0 Å². The van der Waals surface area contributed by atoms with E-state index in [0.29, 0.717) is 18.5 Å². The van der Waals surface area contributed by atoms with Gasteiger partial charge in [0.1, 0.15) is 0 Å². The zero-order valence-electron chi connectivity index (χ0n) is 14.6. The summed E-state index contributed by atoms with van der Waals surface area (Å²) in [6.45, 7) is 1.89. The lowest BCUT2D eigenvalue weighted by Crippen LogP contribution is -2.36. The summed E-state index contributed by atoms with van der Waals surface area (Å²) in [4.78, 5) is 16.1. The summed E-state index contributed by atoms with van der Waals surface area (Å²) < 4.78 is 28.4. The molecule has 2 aliphatic rings. The number of amides is 1. The predicted molar refractivity (Wildman–Crippen MR) is 98.1 cm³/mol. The molecule has 0 bridgehead atoms. The third-order valence-electron chi connectivity index (χ3n) is 4.95. The minimum absolute atomic E-state index is 0.0211. The van der Waals surface area contributed by atoms with Gasteiger partial charge in [-0.05, 0) is 62.1 Å². The molecule has 1 aliphatic carbocycles. The number of hydrogen-bond donors (Lipinski definition) is 1.